The second-order valence-corrected chi connectivity index (χ2v) is 4.83. The molecule has 0 radical (unpaired) electrons. The maximum Gasteiger partial charge on any atom is 0.414 e. The van der Waals surface area contributed by atoms with Crippen molar-refractivity contribution in [3.05, 3.63) is 12.3 Å². The number of nitrogens with zero attached hydrogens (tertiary/aromatic N) is 1. The third-order valence-electron chi connectivity index (χ3n) is 2.24. The number of rotatable bonds is 1. The Hall–Kier alpha value is -1.07. The van der Waals surface area contributed by atoms with Gasteiger partial charge in [-0.25, -0.2) is 4.79 Å². The molecular formula is C11H19NO4. The fourth-order valence-corrected chi connectivity index (χ4v) is 1.49. The number of carbonyl (C=O) groups is 1. The predicted molar refractivity (Wildman–Crippen MR) is 58.7 cm³/mol. The summed E-state index contributed by atoms with van der Waals surface area (Å²) in [6.07, 6.45) is 2.36. The van der Waals surface area contributed by atoms with E-state index in [1.54, 1.807) is 33.0 Å². The molecule has 16 heavy (non-hydrogen) atoms. The maximum absolute atomic E-state index is 11.8. The lowest BCUT2D eigenvalue weighted by Crippen LogP contribution is -2.49. The first kappa shape index (κ1) is 13.0. The van der Waals surface area contributed by atoms with Crippen LogP contribution >= 0.6 is 0 Å². The summed E-state index contributed by atoms with van der Waals surface area (Å²) in [6, 6.07) is -0.625. The quantitative estimate of drug-likeness (QED) is 0.699. The Morgan fingerprint density at radius 3 is 2.69 bits per heavy atom. The summed E-state index contributed by atoms with van der Waals surface area (Å²) in [6.45, 7) is 5.01. The van der Waals surface area contributed by atoms with Crippen LogP contribution in [-0.4, -0.2) is 45.6 Å². The lowest BCUT2D eigenvalue weighted by atomic mass is 10.0. The second kappa shape index (κ2) is 4.84. The lowest BCUT2D eigenvalue weighted by Gasteiger charge is -2.34. The molecule has 0 bridgehead atoms. The summed E-state index contributed by atoms with van der Waals surface area (Å²) in [7, 11) is 0. The fraction of sp³-hybridized carbons (Fsp3) is 0.727. The van der Waals surface area contributed by atoms with Crippen LogP contribution in [0.3, 0.4) is 0 Å². The van der Waals surface area contributed by atoms with Crippen molar-refractivity contribution in [3.8, 4) is 0 Å². The summed E-state index contributed by atoms with van der Waals surface area (Å²) in [5, 5.41) is 18.8. The van der Waals surface area contributed by atoms with Crippen LogP contribution in [0, 0.1) is 0 Å². The Morgan fingerprint density at radius 1 is 1.56 bits per heavy atom. The first-order valence-electron chi connectivity index (χ1n) is 5.32. The summed E-state index contributed by atoms with van der Waals surface area (Å²) in [4.78, 5) is 13.0. The smallest absolute Gasteiger partial charge is 0.414 e. The number of aliphatic hydroxyl groups is 2. The van der Waals surface area contributed by atoms with Gasteiger partial charge in [-0.15, -0.1) is 0 Å². The number of carbonyl (C=O) groups excluding carboxylic acids is 1. The molecule has 0 aromatic carbocycles. The predicted octanol–water partition coefficient (Wildman–Crippen LogP) is 0.863. The fourth-order valence-electron chi connectivity index (χ4n) is 1.49. The first-order valence-corrected chi connectivity index (χ1v) is 5.32. The summed E-state index contributed by atoms with van der Waals surface area (Å²) in [5.74, 6) is 0. The normalized spacial score (nSPS) is 25.7. The number of hydrogen-bond acceptors (Lipinski definition) is 4. The number of hydrogen-bond donors (Lipinski definition) is 2. The van der Waals surface area contributed by atoms with Crippen molar-refractivity contribution in [2.45, 2.75) is 44.9 Å². The highest BCUT2D eigenvalue weighted by molar-refractivity contribution is 5.70. The molecule has 92 valence electrons. The summed E-state index contributed by atoms with van der Waals surface area (Å²) in [5.41, 5.74) is -0.590. The van der Waals surface area contributed by atoms with Crippen LogP contribution in [0.15, 0.2) is 12.3 Å². The molecule has 0 aromatic heterocycles. The van der Waals surface area contributed by atoms with E-state index in [9.17, 15) is 9.90 Å². The highest BCUT2D eigenvalue weighted by atomic mass is 16.6. The van der Waals surface area contributed by atoms with Crippen LogP contribution in [0.25, 0.3) is 0 Å². The average molecular weight is 229 g/mol. The number of amides is 1. The van der Waals surface area contributed by atoms with Gasteiger partial charge in [-0.1, -0.05) is 6.08 Å². The van der Waals surface area contributed by atoms with Crippen molar-refractivity contribution in [3.63, 3.8) is 0 Å². The van der Waals surface area contributed by atoms with E-state index in [4.69, 9.17) is 9.84 Å². The first-order chi connectivity index (χ1) is 7.35. The molecule has 1 amide bonds. The molecule has 0 fully saturated rings. The van der Waals surface area contributed by atoms with E-state index in [-0.39, 0.29) is 6.61 Å². The van der Waals surface area contributed by atoms with E-state index in [0.29, 0.717) is 6.42 Å². The standard InChI is InChI=1S/C11H19NO4/c1-11(2,3)16-10(15)12-6-4-5-9(14)8(12)7-13/h4,6,8-9,13-14H,5,7H2,1-3H3/t8-,9+/m0/s1. The molecule has 5 nitrogen and oxygen atoms in total. The van der Waals surface area contributed by atoms with Gasteiger partial charge in [0, 0.05) is 6.20 Å². The minimum absolute atomic E-state index is 0.287. The number of aliphatic hydroxyl groups excluding tert-OH is 2. The van der Waals surface area contributed by atoms with Crippen molar-refractivity contribution in [1.82, 2.24) is 4.90 Å². The molecule has 0 spiro atoms. The van der Waals surface area contributed by atoms with Crippen LogP contribution in [-0.2, 0) is 4.74 Å². The van der Waals surface area contributed by atoms with E-state index in [1.165, 1.54) is 4.90 Å². The van der Waals surface area contributed by atoms with Crippen LogP contribution in [0.1, 0.15) is 27.2 Å². The third kappa shape index (κ3) is 3.21. The molecule has 0 saturated carbocycles. The van der Waals surface area contributed by atoms with Gasteiger partial charge in [-0.2, -0.15) is 0 Å². The molecule has 0 aliphatic carbocycles. The van der Waals surface area contributed by atoms with E-state index >= 15 is 0 Å². The Bertz CT molecular complexity index is 282. The van der Waals surface area contributed by atoms with Crippen LogP contribution in [0.2, 0.25) is 0 Å². The molecule has 2 atom stereocenters. The minimum atomic E-state index is -0.748. The molecule has 5 heteroatoms. The van der Waals surface area contributed by atoms with Gasteiger partial charge in [-0.05, 0) is 27.2 Å². The third-order valence-corrected chi connectivity index (χ3v) is 2.24. The second-order valence-electron chi connectivity index (χ2n) is 4.83. The van der Waals surface area contributed by atoms with Gasteiger partial charge in [-0.3, -0.25) is 4.90 Å². The van der Waals surface area contributed by atoms with Crippen molar-refractivity contribution >= 4 is 6.09 Å². The van der Waals surface area contributed by atoms with Gasteiger partial charge in [0.1, 0.15) is 5.60 Å². The van der Waals surface area contributed by atoms with Gasteiger partial charge in [0.05, 0.1) is 18.8 Å². The molecule has 1 heterocycles. The lowest BCUT2D eigenvalue weighted by molar-refractivity contribution is -0.00757. The Labute approximate surface area is 95.3 Å². The molecule has 0 unspecified atom stereocenters. The van der Waals surface area contributed by atoms with Gasteiger partial charge < -0.3 is 14.9 Å². The van der Waals surface area contributed by atoms with E-state index < -0.39 is 23.8 Å². The van der Waals surface area contributed by atoms with Crippen LogP contribution in [0.5, 0.6) is 0 Å². The van der Waals surface area contributed by atoms with Crippen molar-refractivity contribution in [2.24, 2.45) is 0 Å². The Morgan fingerprint density at radius 2 is 2.19 bits per heavy atom. The largest absolute Gasteiger partial charge is 0.443 e. The van der Waals surface area contributed by atoms with Crippen LogP contribution in [0.4, 0.5) is 4.79 Å². The molecule has 1 aliphatic rings. The molecule has 2 N–H and O–H groups in total. The topological polar surface area (TPSA) is 70.0 Å². The van der Waals surface area contributed by atoms with Gasteiger partial charge >= 0.3 is 6.09 Å². The van der Waals surface area contributed by atoms with E-state index in [0.717, 1.165) is 0 Å². The van der Waals surface area contributed by atoms with Crippen molar-refractivity contribution in [2.75, 3.05) is 6.61 Å². The van der Waals surface area contributed by atoms with Gasteiger partial charge in [0.15, 0.2) is 0 Å². The average Bonchev–Trinajstić information content (AvgIpc) is 2.14. The van der Waals surface area contributed by atoms with E-state index in [2.05, 4.69) is 0 Å². The van der Waals surface area contributed by atoms with Crippen LogP contribution < -0.4 is 0 Å². The van der Waals surface area contributed by atoms with Gasteiger partial charge in [0.25, 0.3) is 0 Å². The highest BCUT2D eigenvalue weighted by Crippen LogP contribution is 2.19. The van der Waals surface area contributed by atoms with E-state index in [1.807, 2.05) is 0 Å². The van der Waals surface area contributed by atoms with Crippen molar-refractivity contribution in [1.29, 1.82) is 0 Å². The zero-order valence-corrected chi connectivity index (χ0v) is 9.88. The number of ether oxygens (including phenoxy) is 1. The molecule has 1 aliphatic heterocycles. The SMILES string of the molecule is CC(C)(C)OC(=O)N1C=CC[C@@H](O)[C@@H]1CO. The molecule has 1 rings (SSSR count). The zero-order valence-electron chi connectivity index (χ0n) is 9.88. The monoisotopic (exact) mass is 229 g/mol. The molecule has 0 aromatic rings. The Balaban J connectivity index is 2.74. The summed E-state index contributed by atoms with van der Waals surface area (Å²) >= 11 is 0. The highest BCUT2D eigenvalue weighted by Gasteiger charge is 2.32. The minimum Gasteiger partial charge on any atom is -0.443 e. The Kier molecular flexibility index (Phi) is 3.93. The maximum atomic E-state index is 11.8. The van der Waals surface area contributed by atoms with Gasteiger partial charge in [0.2, 0.25) is 0 Å². The van der Waals surface area contributed by atoms with Crippen molar-refractivity contribution < 1.29 is 19.7 Å². The zero-order chi connectivity index (χ0) is 12.3. The molecule has 0 saturated heterocycles. The molecular weight excluding hydrogens is 210 g/mol. The summed E-state index contributed by atoms with van der Waals surface area (Å²) < 4.78 is 5.17.